The van der Waals surface area contributed by atoms with Crippen molar-refractivity contribution in [3.63, 3.8) is 0 Å². The normalized spacial score (nSPS) is 26.8. The number of amides is 5. The number of nitrogens with zero attached hydrogens (tertiary/aromatic N) is 2. The van der Waals surface area contributed by atoms with Gasteiger partial charge in [-0.3, -0.25) is 24.6 Å². The lowest BCUT2D eigenvalue weighted by Gasteiger charge is -2.26. The van der Waals surface area contributed by atoms with Crippen molar-refractivity contribution < 1.29 is 32.3 Å². The van der Waals surface area contributed by atoms with Crippen molar-refractivity contribution >= 4 is 39.6 Å². The number of sulfonamides is 1. The number of fused-ring (bicyclic) bond motifs is 2. The van der Waals surface area contributed by atoms with Gasteiger partial charge in [0.1, 0.15) is 17.7 Å². The van der Waals surface area contributed by atoms with Gasteiger partial charge in [-0.2, -0.15) is 0 Å². The van der Waals surface area contributed by atoms with Gasteiger partial charge >= 0.3 is 12.1 Å². The summed E-state index contributed by atoms with van der Waals surface area (Å²) >= 11 is 0. The zero-order valence-corrected chi connectivity index (χ0v) is 28.0. The molecule has 48 heavy (non-hydrogen) atoms. The van der Waals surface area contributed by atoms with Gasteiger partial charge in [0.15, 0.2) is 0 Å². The van der Waals surface area contributed by atoms with Gasteiger partial charge in [0, 0.05) is 30.1 Å². The predicted molar refractivity (Wildman–Crippen MR) is 178 cm³/mol. The number of rotatable bonds is 6. The molecule has 1 aromatic carbocycles. The number of pyridine rings is 1. The van der Waals surface area contributed by atoms with Crippen LogP contribution >= 0.6 is 0 Å². The molecule has 1 saturated heterocycles. The van der Waals surface area contributed by atoms with Crippen LogP contribution in [-0.4, -0.2) is 78.3 Å². The van der Waals surface area contributed by atoms with Gasteiger partial charge in [-0.1, -0.05) is 36.8 Å². The maximum atomic E-state index is 13.9. The highest BCUT2D eigenvalue weighted by Crippen LogP contribution is 2.46. The molecule has 13 nitrogen and oxygen atoms in total. The number of benzene rings is 1. The molecule has 2 aliphatic carbocycles. The monoisotopic (exact) mass is 678 g/mol. The van der Waals surface area contributed by atoms with Gasteiger partial charge in [-0.05, 0) is 76.1 Å². The number of hydrogen-bond acceptors (Lipinski definition) is 8. The molecule has 2 saturated carbocycles. The molecule has 0 radical (unpaired) electrons. The van der Waals surface area contributed by atoms with Crippen LogP contribution in [0.15, 0.2) is 48.6 Å². The molecule has 6 rings (SSSR count). The van der Waals surface area contributed by atoms with E-state index in [1.54, 1.807) is 0 Å². The zero-order valence-electron chi connectivity index (χ0n) is 27.2. The van der Waals surface area contributed by atoms with Crippen molar-refractivity contribution in [2.75, 3.05) is 18.4 Å². The predicted octanol–water partition coefficient (Wildman–Crippen LogP) is 3.68. The van der Waals surface area contributed by atoms with Crippen LogP contribution in [0.3, 0.4) is 0 Å². The number of ether oxygens (including phenoxy) is 1. The Kier molecular flexibility index (Phi) is 9.46. The SMILES string of the molecule is Cc1ccc(-c2cccc(C)n2)c(NC(=O)O[C@@H]2C[C@H]3C(=O)N[C@]4(C(=O)NS(=O)(=O)C5CC5)C[C@H]4/C=C\CCCCCNC(=O)N3C2)c1. The third-order valence-corrected chi connectivity index (χ3v) is 11.2. The summed E-state index contributed by atoms with van der Waals surface area (Å²) in [7, 11) is -3.85. The number of anilines is 1. The second kappa shape index (κ2) is 13.6. The quantitative estimate of drug-likeness (QED) is 0.335. The summed E-state index contributed by atoms with van der Waals surface area (Å²) in [6.45, 7) is 4.15. The van der Waals surface area contributed by atoms with Gasteiger partial charge in [-0.25, -0.2) is 18.0 Å². The van der Waals surface area contributed by atoms with Crippen LogP contribution < -0.4 is 20.7 Å². The first-order valence-corrected chi connectivity index (χ1v) is 18.1. The Bertz CT molecular complexity index is 1740. The molecular formula is C34H42N6O7S. The fourth-order valence-corrected chi connectivity index (χ4v) is 7.78. The Balaban J connectivity index is 1.19. The van der Waals surface area contributed by atoms with Crippen molar-refractivity contribution in [2.45, 2.75) is 88.1 Å². The minimum atomic E-state index is -3.85. The number of nitrogens with one attached hydrogen (secondary N) is 4. The molecule has 2 aromatic rings. The molecule has 2 aliphatic heterocycles. The molecule has 4 aliphatic rings. The molecule has 4 N–H and O–H groups in total. The Hall–Kier alpha value is -4.46. The minimum absolute atomic E-state index is 0.00857. The van der Waals surface area contributed by atoms with Crippen molar-refractivity contribution in [3.8, 4) is 11.3 Å². The zero-order chi connectivity index (χ0) is 34.1. The molecule has 5 amide bonds. The van der Waals surface area contributed by atoms with Gasteiger partial charge in [-0.15, -0.1) is 0 Å². The third kappa shape index (κ3) is 7.48. The molecule has 14 heteroatoms. The van der Waals surface area contributed by atoms with Crippen molar-refractivity contribution in [2.24, 2.45) is 5.92 Å². The summed E-state index contributed by atoms with van der Waals surface area (Å²) in [6, 6.07) is 9.68. The smallest absolute Gasteiger partial charge is 0.411 e. The number of carbonyl (C=O) groups excluding carboxylic acids is 4. The van der Waals surface area contributed by atoms with Crippen LogP contribution in [0.2, 0.25) is 0 Å². The average Bonchev–Trinajstić information content (AvgIpc) is 3.95. The highest BCUT2D eigenvalue weighted by atomic mass is 32.2. The van der Waals surface area contributed by atoms with Crippen LogP contribution in [-0.2, 0) is 24.3 Å². The van der Waals surface area contributed by atoms with E-state index in [4.69, 9.17) is 4.74 Å². The first kappa shape index (κ1) is 33.4. The second-order valence-corrected chi connectivity index (χ2v) is 15.2. The first-order valence-electron chi connectivity index (χ1n) is 16.6. The standard InChI is InChI=1S/C34H42N6O7S/c1-21-12-15-26(27-11-8-9-22(2)36-27)28(17-21)37-33(44)47-24-18-29-30(41)38-34(31(42)39-48(45,46)25-13-14-25)19-23(34)10-6-4-3-5-7-16-35-32(43)40(29)20-24/h6,8-12,15,17,23-25,29H,3-5,7,13-14,16,18-20H2,1-2H3,(H,35,43)(H,37,44)(H,38,41)(H,39,42)/b10-6-/t23-,24-,29+,34-/m1/s1. The summed E-state index contributed by atoms with van der Waals surface area (Å²) in [5.41, 5.74) is 2.17. The van der Waals surface area contributed by atoms with Crippen LogP contribution in [0, 0.1) is 19.8 Å². The molecule has 256 valence electrons. The molecule has 3 fully saturated rings. The average molecular weight is 679 g/mol. The fraction of sp³-hybridized carbons (Fsp3) is 0.500. The summed E-state index contributed by atoms with van der Waals surface area (Å²) < 4.78 is 33.3. The Labute approximate surface area is 280 Å². The van der Waals surface area contributed by atoms with E-state index >= 15 is 0 Å². The first-order chi connectivity index (χ1) is 22.9. The Morgan fingerprint density at radius 2 is 1.90 bits per heavy atom. The highest BCUT2D eigenvalue weighted by Gasteiger charge is 2.62. The maximum Gasteiger partial charge on any atom is 0.411 e. The van der Waals surface area contributed by atoms with Crippen LogP contribution in [0.25, 0.3) is 11.3 Å². The molecule has 1 aromatic heterocycles. The minimum Gasteiger partial charge on any atom is -0.444 e. The molecule has 4 atom stereocenters. The number of carbonyl (C=O) groups is 4. The van der Waals surface area contributed by atoms with Gasteiger partial charge in [0.05, 0.1) is 23.2 Å². The largest absolute Gasteiger partial charge is 0.444 e. The van der Waals surface area contributed by atoms with Crippen LogP contribution in [0.5, 0.6) is 0 Å². The van der Waals surface area contributed by atoms with E-state index in [-0.39, 0.29) is 19.4 Å². The van der Waals surface area contributed by atoms with Crippen molar-refractivity contribution in [3.05, 3.63) is 59.8 Å². The maximum absolute atomic E-state index is 13.9. The summed E-state index contributed by atoms with van der Waals surface area (Å²) in [6.07, 6.45) is 6.69. The van der Waals surface area contributed by atoms with Gasteiger partial charge in [0.2, 0.25) is 15.9 Å². The molecule has 0 unspecified atom stereocenters. The lowest BCUT2D eigenvalue weighted by Crippen LogP contribution is -2.57. The summed E-state index contributed by atoms with van der Waals surface area (Å²) in [4.78, 5) is 59.8. The number of aromatic nitrogens is 1. The van der Waals surface area contributed by atoms with Crippen LogP contribution in [0.4, 0.5) is 15.3 Å². The molecular weight excluding hydrogens is 636 g/mol. The second-order valence-electron chi connectivity index (χ2n) is 13.2. The number of aryl methyl sites for hydroxylation is 2. The number of urea groups is 1. The fourth-order valence-electron chi connectivity index (χ4n) is 6.41. The Morgan fingerprint density at radius 1 is 1.08 bits per heavy atom. The van der Waals surface area contributed by atoms with E-state index in [0.717, 1.165) is 36.9 Å². The topological polar surface area (TPSA) is 176 Å². The van der Waals surface area contributed by atoms with E-state index in [2.05, 4.69) is 25.7 Å². The van der Waals surface area contributed by atoms with E-state index in [9.17, 15) is 27.6 Å². The molecule has 0 bridgehead atoms. The van der Waals surface area contributed by atoms with Gasteiger partial charge < -0.3 is 20.3 Å². The summed E-state index contributed by atoms with van der Waals surface area (Å²) in [5.74, 6) is -1.79. The van der Waals surface area contributed by atoms with Crippen molar-refractivity contribution in [1.82, 2.24) is 25.2 Å². The number of hydrogen-bond donors (Lipinski definition) is 4. The molecule has 3 heterocycles. The van der Waals surface area contributed by atoms with E-state index < -0.39 is 62.8 Å². The van der Waals surface area contributed by atoms with Crippen molar-refractivity contribution in [1.29, 1.82) is 0 Å². The van der Waals surface area contributed by atoms with Gasteiger partial charge in [0.25, 0.3) is 5.91 Å². The third-order valence-electron chi connectivity index (χ3n) is 9.33. The number of allylic oxidation sites excluding steroid dienone is 1. The lowest BCUT2D eigenvalue weighted by atomic mass is 10.1. The Morgan fingerprint density at radius 3 is 2.67 bits per heavy atom. The molecule has 0 spiro atoms. The van der Waals surface area contributed by atoms with E-state index in [1.165, 1.54) is 4.90 Å². The van der Waals surface area contributed by atoms with E-state index in [0.29, 0.717) is 36.3 Å². The summed E-state index contributed by atoms with van der Waals surface area (Å²) in [5, 5.41) is 7.88. The highest BCUT2D eigenvalue weighted by molar-refractivity contribution is 7.91. The van der Waals surface area contributed by atoms with E-state index in [1.807, 2.05) is 62.4 Å². The lowest BCUT2D eigenvalue weighted by molar-refractivity contribution is -0.131. The van der Waals surface area contributed by atoms with Crippen LogP contribution in [0.1, 0.15) is 62.6 Å².